The van der Waals surface area contributed by atoms with Gasteiger partial charge in [-0.25, -0.2) is 4.98 Å². The van der Waals surface area contributed by atoms with Gasteiger partial charge >= 0.3 is 0 Å². The molecule has 1 amide bonds. The summed E-state index contributed by atoms with van der Waals surface area (Å²) in [6.07, 6.45) is 10.6. The van der Waals surface area contributed by atoms with Crippen LogP contribution in [0.1, 0.15) is 18.5 Å². The van der Waals surface area contributed by atoms with Crippen molar-refractivity contribution in [3.63, 3.8) is 0 Å². The third kappa shape index (κ3) is 4.47. The molecule has 192 valence electrons. The Morgan fingerprint density at radius 1 is 1.11 bits per heavy atom. The normalized spacial score (nSPS) is 13.6. The minimum atomic E-state index is 0.119. The molecule has 9 nitrogen and oxygen atoms in total. The fourth-order valence-electron chi connectivity index (χ4n) is 5.14. The van der Waals surface area contributed by atoms with Crippen LogP contribution in [0.4, 0.5) is 0 Å². The molecule has 0 bridgehead atoms. The van der Waals surface area contributed by atoms with Crippen molar-refractivity contribution >= 4 is 22.4 Å². The zero-order chi connectivity index (χ0) is 26.1. The van der Waals surface area contributed by atoms with Crippen molar-refractivity contribution < 1.29 is 9.53 Å². The molecular formula is C29H29N7O2. The third-order valence-electron chi connectivity index (χ3n) is 7.08. The van der Waals surface area contributed by atoms with Gasteiger partial charge in [0.1, 0.15) is 11.6 Å². The van der Waals surface area contributed by atoms with Gasteiger partial charge in [0.25, 0.3) is 0 Å². The molecule has 0 fully saturated rings. The van der Waals surface area contributed by atoms with Gasteiger partial charge in [-0.15, -0.1) is 5.10 Å². The number of nitrogens with one attached hydrogen (secondary N) is 1. The van der Waals surface area contributed by atoms with Gasteiger partial charge in [-0.2, -0.15) is 0 Å². The monoisotopic (exact) mass is 507 g/mol. The number of nitrogens with zero attached hydrogens (tertiary/aromatic N) is 6. The largest absolute Gasteiger partial charge is 0.496 e. The Morgan fingerprint density at radius 2 is 2.00 bits per heavy atom. The van der Waals surface area contributed by atoms with Crippen molar-refractivity contribution in [3.05, 3.63) is 79.0 Å². The maximum atomic E-state index is 13.0. The average Bonchev–Trinajstić information content (AvgIpc) is 3.72. The summed E-state index contributed by atoms with van der Waals surface area (Å²) in [5, 5.41) is 8.86. The number of aromatic nitrogens is 6. The number of imidazole rings is 1. The number of aromatic amines is 1. The highest BCUT2D eigenvalue weighted by Gasteiger charge is 2.22. The van der Waals surface area contributed by atoms with Crippen LogP contribution in [0.2, 0.25) is 0 Å². The molecule has 0 atom stereocenters. The number of carbonyl (C=O) groups excluding carboxylic acids is 1. The molecule has 1 N–H and O–H groups in total. The number of hydrogen-bond acceptors (Lipinski definition) is 5. The Kier molecular flexibility index (Phi) is 6.25. The Labute approximate surface area is 220 Å². The molecule has 5 aromatic rings. The van der Waals surface area contributed by atoms with Crippen LogP contribution in [0.5, 0.6) is 5.75 Å². The first-order valence-corrected chi connectivity index (χ1v) is 12.7. The van der Waals surface area contributed by atoms with Crippen LogP contribution in [0.15, 0.2) is 73.3 Å². The molecule has 0 unspecified atom stereocenters. The Bertz CT molecular complexity index is 1630. The molecule has 0 aliphatic carbocycles. The third-order valence-corrected chi connectivity index (χ3v) is 7.08. The fraction of sp³-hybridized carbons (Fsp3) is 0.241. The smallest absolute Gasteiger partial charge is 0.224 e. The number of para-hydroxylation sites is 1. The van der Waals surface area contributed by atoms with E-state index in [4.69, 9.17) is 4.74 Å². The summed E-state index contributed by atoms with van der Waals surface area (Å²) >= 11 is 0. The molecule has 0 radical (unpaired) electrons. The van der Waals surface area contributed by atoms with Crippen LogP contribution in [-0.2, 0) is 18.4 Å². The number of aryl methyl sites for hydroxylation is 2. The second-order valence-corrected chi connectivity index (χ2v) is 9.48. The maximum Gasteiger partial charge on any atom is 0.224 e. The zero-order valence-electron chi connectivity index (χ0n) is 21.5. The van der Waals surface area contributed by atoms with Gasteiger partial charge in [-0.05, 0) is 36.3 Å². The molecule has 2 aromatic carbocycles. The predicted octanol–water partition coefficient (Wildman–Crippen LogP) is 4.54. The van der Waals surface area contributed by atoms with E-state index >= 15 is 0 Å². The van der Waals surface area contributed by atoms with Crippen molar-refractivity contribution in [1.82, 2.24) is 34.4 Å². The van der Waals surface area contributed by atoms with Crippen molar-refractivity contribution in [2.75, 3.05) is 20.2 Å². The first-order chi connectivity index (χ1) is 18.6. The first-order valence-electron chi connectivity index (χ1n) is 12.7. The Hall–Kier alpha value is -4.66. The topological polar surface area (TPSA) is 93.9 Å². The quantitative estimate of drug-likeness (QED) is 0.349. The highest BCUT2D eigenvalue weighted by Crippen LogP contribution is 2.39. The van der Waals surface area contributed by atoms with E-state index in [0.29, 0.717) is 19.5 Å². The van der Waals surface area contributed by atoms with Crippen LogP contribution >= 0.6 is 0 Å². The van der Waals surface area contributed by atoms with Crippen LogP contribution in [0.3, 0.4) is 0 Å². The summed E-state index contributed by atoms with van der Waals surface area (Å²) in [5.41, 5.74) is 6.23. The SMILES string of the molecule is COc1ccccc1-c1cc(-c2nccn2C)cc2cc(C3=CCCN(C(=O)CCn4ccnn4)C3)[nH]c12. The van der Waals surface area contributed by atoms with Gasteiger partial charge in [0, 0.05) is 72.9 Å². The summed E-state index contributed by atoms with van der Waals surface area (Å²) < 4.78 is 9.43. The van der Waals surface area contributed by atoms with E-state index in [1.165, 1.54) is 0 Å². The van der Waals surface area contributed by atoms with Crippen molar-refractivity contribution in [2.24, 2.45) is 7.05 Å². The molecule has 3 aromatic heterocycles. The highest BCUT2D eigenvalue weighted by molar-refractivity contribution is 6.00. The summed E-state index contributed by atoms with van der Waals surface area (Å²) in [5.74, 6) is 1.82. The number of methoxy groups -OCH3 is 1. The second-order valence-electron chi connectivity index (χ2n) is 9.48. The lowest BCUT2D eigenvalue weighted by molar-refractivity contribution is -0.131. The summed E-state index contributed by atoms with van der Waals surface area (Å²) in [4.78, 5) is 23.2. The van der Waals surface area contributed by atoms with Crippen LogP contribution in [-0.4, -0.2) is 60.5 Å². The number of amides is 1. The zero-order valence-corrected chi connectivity index (χ0v) is 21.5. The number of benzene rings is 2. The second kappa shape index (κ2) is 10.0. The maximum absolute atomic E-state index is 13.0. The average molecular weight is 508 g/mol. The van der Waals surface area contributed by atoms with E-state index in [9.17, 15) is 4.79 Å². The lowest BCUT2D eigenvalue weighted by Crippen LogP contribution is -2.36. The Morgan fingerprint density at radius 3 is 2.79 bits per heavy atom. The number of carbonyl (C=O) groups is 1. The standard InChI is InChI=1S/C29H29N7O2/c1-34-14-10-30-29(34)22-16-21-18-25(32-28(21)24(17-22)23-7-3-4-8-26(23)38-2)20-6-5-12-35(19-20)27(37)9-13-36-15-11-31-33-36/h3-4,6-8,10-11,14-18,32H,5,9,12-13,19H2,1-2H3. The molecule has 6 rings (SSSR count). The van der Waals surface area contributed by atoms with Crippen molar-refractivity contribution in [3.8, 4) is 28.3 Å². The molecule has 0 spiro atoms. The minimum absolute atomic E-state index is 0.119. The van der Waals surface area contributed by atoms with Crippen LogP contribution in [0, 0.1) is 0 Å². The predicted molar refractivity (Wildman–Crippen MR) is 146 cm³/mol. The van der Waals surface area contributed by atoms with Gasteiger partial charge in [-0.1, -0.05) is 29.5 Å². The molecule has 0 saturated carbocycles. The molecule has 4 heterocycles. The number of H-pyrrole nitrogens is 1. The minimum Gasteiger partial charge on any atom is -0.496 e. The number of rotatable bonds is 7. The van der Waals surface area contributed by atoms with Gasteiger partial charge in [0.2, 0.25) is 5.91 Å². The van der Waals surface area contributed by atoms with E-state index in [0.717, 1.165) is 63.4 Å². The van der Waals surface area contributed by atoms with Gasteiger partial charge in [-0.3, -0.25) is 9.48 Å². The van der Waals surface area contributed by atoms with E-state index in [1.54, 1.807) is 24.2 Å². The molecular weight excluding hydrogens is 478 g/mol. The molecule has 38 heavy (non-hydrogen) atoms. The fourth-order valence-corrected chi connectivity index (χ4v) is 5.14. The van der Waals surface area contributed by atoms with Gasteiger partial charge < -0.3 is 19.2 Å². The van der Waals surface area contributed by atoms with E-state index in [-0.39, 0.29) is 5.91 Å². The molecule has 1 aliphatic heterocycles. The Balaban J connectivity index is 1.36. The van der Waals surface area contributed by atoms with Gasteiger partial charge in [0.05, 0.1) is 25.4 Å². The number of hydrogen-bond donors (Lipinski definition) is 1. The van der Waals surface area contributed by atoms with Crippen LogP contribution in [0.25, 0.3) is 39.0 Å². The molecule has 0 saturated heterocycles. The van der Waals surface area contributed by atoms with E-state index in [2.05, 4.69) is 50.6 Å². The summed E-state index contributed by atoms with van der Waals surface area (Å²) in [7, 11) is 3.69. The molecule has 1 aliphatic rings. The van der Waals surface area contributed by atoms with E-state index in [1.807, 2.05) is 47.1 Å². The van der Waals surface area contributed by atoms with Crippen molar-refractivity contribution in [2.45, 2.75) is 19.4 Å². The number of fused-ring (bicyclic) bond motifs is 1. The summed E-state index contributed by atoms with van der Waals surface area (Å²) in [6.45, 7) is 1.81. The lowest BCUT2D eigenvalue weighted by Gasteiger charge is -2.27. The summed E-state index contributed by atoms with van der Waals surface area (Å²) in [6, 6.07) is 14.6. The highest BCUT2D eigenvalue weighted by atomic mass is 16.5. The van der Waals surface area contributed by atoms with Gasteiger partial charge in [0.15, 0.2) is 0 Å². The molecule has 9 heteroatoms. The lowest BCUT2D eigenvalue weighted by atomic mass is 9.98. The van der Waals surface area contributed by atoms with E-state index < -0.39 is 0 Å². The van der Waals surface area contributed by atoms with Crippen molar-refractivity contribution in [1.29, 1.82) is 0 Å². The number of ether oxygens (including phenoxy) is 1. The van der Waals surface area contributed by atoms with Crippen LogP contribution < -0.4 is 4.74 Å². The first kappa shape index (κ1) is 23.7.